The van der Waals surface area contributed by atoms with Gasteiger partial charge in [-0.3, -0.25) is 4.98 Å². The van der Waals surface area contributed by atoms with E-state index in [9.17, 15) is 4.79 Å². The minimum Gasteiger partial charge on any atom is -0.497 e. The van der Waals surface area contributed by atoms with Gasteiger partial charge in [0.1, 0.15) is 11.6 Å². The first-order valence-corrected chi connectivity index (χ1v) is 10.1. The molecule has 1 atom stereocenters. The van der Waals surface area contributed by atoms with Gasteiger partial charge in [0.2, 0.25) is 0 Å². The average Bonchev–Trinajstić information content (AvgIpc) is 3.23. The predicted octanol–water partition coefficient (Wildman–Crippen LogP) is 4.06. The number of imidazole rings is 1. The summed E-state index contributed by atoms with van der Waals surface area (Å²) in [6.07, 6.45) is 2.31. The number of pyridine rings is 1. The maximum atomic E-state index is 12.7. The van der Waals surface area contributed by atoms with Crippen molar-refractivity contribution in [2.45, 2.75) is 25.9 Å². The van der Waals surface area contributed by atoms with Gasteiger partial charge in [-0.2, -0.15) is 0 Å². The van der Waals surface area contributed by atoms with Gasteiger partial charge in [0.15, 0.2) is 0 Å². The van der Waals surface area contributed by atoms with Gasteiger partial charge in [-0.1, -0.05) is 30.3 Å². The van der Waals surface area contributed by atoms with E-state index in [0.29, 0.717) is 18.8 Å². The largest absolute Gasteiger partial charge is 0.497 e. The van der Waals surface area contributed by atoms with Crippen LogP contribution < -0.4 is 15.4 Å². The summed E-state index contributed by atoms with van der Waals surface area (Å²) in [5.41, 5.74) is 4.74. The molecular formula is C24H25N5O2. The van der Waals surface area contributed by atoms with Crippen LogP contribution in [0.2, 0.25) is 0 Å². The van der Waals surface area contributed by atoms with Crippen LogP contribution in [0.4, 0.5) is 4.79 Å². The number of hydrogen-bond donors (Lipinski definition) is 3. The zero-order valence-corrected chi connectivity index (χ0v) is 17.6. The van der Waals surface area contributed by atoms with E-state index >= 15 is 0 Å². The molecule has 0 spiro atoms. The Kier molecular flexibility index (Phi) is 6.12. The van der Waals surface area contributed by atoms with E-state index in [4.69, 9.17) is 9.72 Å². The van der Waals surface area contributed by atoms with Crippen LogP contribution in [0.15, 0.2) is 66.9 Å². The van der Waals surface area contributed by atoms with Gasteiger partial charge >= 0.3 is 6.03 Å². The zero-order valence-electron chi connectivity index (χ0n) is 17.6. The van der Waals surface area contributed by atoms with Crippen LogP contribution in [0.3, 0.4) is 0 Å². The first kappa shape index (κ1) is 20.4. The molecule has 7 nitrogen and oxygen atoms in total. The quantitative estimate of drug-likeness (QED) is 0.424. The summed E-state index contributed by atoms with van der Waals surface area (Å²) < 4.78 is 5.24. The lowest BCUT2D eigenvalue weighted by Gasteiger charge is -2.18. The molecule has 0 unspecified atom stereocenters. The fourth-order valence-electron chi connectivity index (χ4n) is 3.43. The highest BCUT2D eigenvalue weighted by Gasteiger charge is 2.19. The normalized spacial score (nSPS) is 11.8. The van der Waals surface area contributed by atoms with Crippen molar-refractivity contribution in [3.05, 3.63) is 89.5 Å². The van der Waals surface area contributed by atoms with E-state index in [1.807, 2.05) is 67.6 Å². The van der Waals surface area contributed by atoms with E-state index in [2.05, 4.69) is 20.6 Å². The second-order valence-electron chi connectivity index (χ2n) is 7.34. The number of aromatic nitrogens is 3. The lowest BCUT2D eigenvalue weighted by molar-refractivity contribution is 0.236. The molecule has 2 aromatic heterocycles. The Bertz CT molecular complexity index is 1140. The summed E-state index contributed by atoms with van der Waals surface area (Å²) in [5, 5.41) is 5.96. The molecule has 0 bridgehead atoms. The van der Waals surface area contributed by atoms with E-state index < -0.39 is 0 Å². The third-order valence-corrected chi connectivity index (χ3v) is 5.18. The van der Waals surface area contributed by atoms with Crippen molar-refractivity contribution in [1.82, 2.24) is 25.6 Å². The number of aryl methyl sites for hydroxylation is 1. The average molecular weight is 415 g/mol. The first-order valence-electron chi connectivity index (χ1n) is 10.1. The molecule has 0 saturated heterocycles. The number of nitrogens with zero attached hydrogens (tertiary/aromatic N) is 2. The van der Waals surface area contributed by atoms with E-state index in [0.717, 1.165) is 33.6 Å². The van der Waals surface area contributed by atoms with Gasteiger partial charge in [0.05, 0.1) is 36.4 Å². The van der Waals surface area contributed by atoms with Crippen LogP contribution >= 0.6 is 0 Å². The highest BCUT2D eigenvalue weighted by molar-refractivity contribution is 5.76. The van der Waals surface area contributed by atoms with Gasteiger partial charge in [0.25, 0.3) is 0 Å². The lowest BCUT2D eigenvalue weighted by atomic mass is 10.1. The number of amides is 2. The van der Waals surface area contributed by atoms with Crippen LogP contribution in [0, 0.1) is 6.92 Å². The number of benzene rings is 2. The number of aromatic amines is 1. The number of ether oxygens (including phenoxy) is 1. The van der Waals surface area contributed by atoms with Gasteiger partial charge in [-0.15, -0.1) is 0 Å². The Labute approximate surface area is 180 Å². The molecule has 3 N–H and O–H groups in total. The molecular weight excluding hydrogens is 390 g/mol. The second-order valence-corrected chi connectivity index (χ2v) is 7.34. The molecule has 4 rings (SSSR count). The molecule has 0 fully saturated rings. The van der Waals surface area contributed by atoms with Crippen LogP contribution in [0.25, 0.3) is 11.0 Å². The molecule has 2 heterocycles. The highest BCUT2D eigenvalue weighted by atomic mass is 16.5. The summed E-state index contributed by atoms with van der Waals surface area (Å²) in [5.74, 6) is 1.50. The van der Waals surface area contributed by atoms with E-state index in [-0.39, 0.29) is 12.1 Å². The van der Waals surface area contributed by atoms with Gasteiger partial charge in [-0.25, -0.2) is 9.78 Å². The molecule has 0 radical (unpaired) electrons. The summed E-state index contributed by atoms with van der Waals surface area (Å²) >= 11 is 0. The molecule has 7 heteroatoms. The smallest absolute Gasteiger partial charge is 0.315 e. The lowest BCUT2D eigenvalue weighted by Crippen LogP contribution is -2.39. The van der Waals surface area contributed by atoms with Gasteiger partial charge < -0.3 is 20.4 Å². The van der Waals surface area contributed by atoms with Crippen LogP contribution in [0.5, 0.6) is 5.75 Å². The number of rotatable bonds is 7. The molecule has 0 aliphatic rings. The standard InChI is InChI=1S/C24H25N5O2/c1-16-6-5-13-25-22(16)15-26-24(30)29-21(14-17-9-11-18(31-2)12-10-17)23-27-19-7-3-4-8-20(19)28-23/h3-13,21H,14-15H2,1-2H3,(H,27,28)(H2,26,29,30)/t21-/m1/s1. The number of fused-ring (bicyclic) bond motifs is 1. The Morgan fingerprint density at radius 3 is 2.65 bits per heavy atom. The maximum Gasteiger partial charge on any atom is 0.315 e. The first-order chi connectivity index (χ1) is 15.1. The number of para-hydroxylation sites is 2. The third-order valence-electron chi connectivity index (χ3n) is 5.18. The van der Waals surface area contributed by atoms with Gasteiger partial charge in [-0.05, 0) is 54.8 Å². The Hall–Kier alpha value is -3.87. The summed E-state index contributed by atoms with van der Waals surface area (Å²) in [7, 11) is 1.64. The highest BCUT2D eigenvalue weighted by Crippen LogP contribution is 2.21. The molecule has 0 saturated carbocycles. The van der Waals surface area contributed by atoms with E-state index in [1.54, 1.807) is 13.3 Å². The SMILES string of the molecule is COc1ccc(C[C@@H](NC(=O)NCc2ncccc2C)c2nc3ccccc3[nH]2)cc1. The van der Waals surface area contributed by atoms with Crippen molar-refractivity contribution < 1.29 is 9.53 Å². The molecule has 0 aliphatic heterocycles. The van der Waals surface area contributed by atoms with Crippen molar-refractivity contribution in [3.63, 3.8) is 0 Å². The molecule has 0 aliphatic carbocycles. The van der Waals surface area contributed by atoms with Crippen molar-refractivity contribution in [1.29, 1.82) is 0 Å². The molecule has 2 amide bonds. The number of hydrogen-bond acceptors (Lipinski definition) is 4. The van der Waals surface area contributed by atoms with Crippen molar-refractivity contribution in [2.24, 2.45) is 0 Å². The second kappa shape index (κ2) is 9.30. The minimum absolute atomic E-state index is 0.274. The molecule has 4 aromatic rings. The third kappa shape index (κ3) is 5.01. The number of H-pyrrole nitrogens is 1. The number of nitrogens with one attached hydrogen (secondary N) is 3. The number of methoxy groups -OCH3 is 1. The van der Waals surface area contributed by atoms with Crippen molar-refractivity contribution in [2.75, 3.05) is 7.11 Å². The number of urea groups is 1. The van der Waals surface area contributed by atoms with Gasteiger partial charge in [0, 0.05) is 6.20 Å². The molecule has 31 heavy (non-hydrogen) atoms. The monoisotopic (exact) mass is 415 g/mol. The summed E-state index contributed by atoms with van der Waals surface area (Å²) in [6.45, 7) is 2.33. The molecule has 158 valence electrons. The summed E-state index contributed by atoms with van der Waals surface area (Å²) in [4.78, 5) is 25.1. The van der Waals surface area contributed by atoms with Crippen LogP contribution in [-0.2, 0) is 13.0 Å². The number of carbonyl (C=O) groups excluding carboxylic acids is 1. The fourth-order valence-corrected chi connectivity index (χ4v) is 3.43. The topological polar surface area (TPSA) is 91.9 Å². The minimum atomic E-state index is -0.328. The Morgan fingerprint density at radius 2 is 1.90 bits per heavy atom. The van der Waals surface area contributed by atoms with Crippen LogP contribution in [0.1, 0.15) is 28.7 Å². The maximum absolute atomic E-state index is 12.7. The van der Waals surface area contributed by atoms with Crippen LogP contribution in [-0.4, -0.2) is 28.1 Å². The van der Waals surface area contributed by atoms with Crippen molar-refractivity contribution in [3.8, 4) is 5.75 Å². The van der Waals surface area contributed by atoms with Crippen molar-refractivity contribution >= 4 is 17.1 Å². The fraction of sp³-hybridized carbons (Fsp3) is 0.208. The zero-order chi connectivity index (χ0) is 21.6. The Morgan fingerprint density at radius 1 is 1.10 bits per heavy atom. The number of carbonyl (C=O) groups is 1. The van der Waals surface area contributed by atoms with E-state index in [1.165, 1.54) is 0 Å². The molecule has 2 aromatic carbocycles. The predicted molar refractivity (Wildman–Crippen MR) is 120 cm³/mol. The summed E-state index contributed by atoms with van der Waals surface area (Å²) in [6, 6.07) is 18.9. The Balaban J connectivity index is 1.52.